The summed E-state index contributed by atoms with van der Waals surface area (Å²) < 4.78 is 18.3. The monoisotopic (exact) mass is 358 g/mol. The highest BCUT2D eigenvalue weighted by Gasteiger charge is 2.08. The van der Waals surface area contributed by atoms with Crippen molar-refractivity contribution in [2.75, 3.05) is 11.9 Å². The highest BCUT2D eigenvalue weighted by molar-refractivity contribution is 6.32. The Hall–Kier alpha value is -3.17. The van der Waals surface area contributed by atoms with E-state index in [-0.39, 0.29) is 10.6 Å². The number of carbonyl (C=O) groups is 2. The Morgan fingerprint density at radius 3 is 2.76 bits per heavy atom. The number of esters is 1. The van der Waals surface area contributed by atoms with Crippen LogP contribution in [0, 0.1) is 17.1 Å². The molecule has 0 radical (unpaired) electrons. The van der Waals surface area contributed by atoms with E-state index < -0.39 is 24.3 Å². The molecule has 2 aromatic carbocycles. The van der Waals surface area contributed by atoms with Crippen LogP contribution in [0.1, 0.15) is 11.1 Å². The smallest absolute Gasteiger partial charge is 0.331 e. The molecule has 0 aliphatic rings. The van der Waals surface area contributed by atoms with Crippen LogP contribution in [0.3, 0.4) is 0 Å². The van der Waals surface area contributed by atoms with Crippen LogP contribution in [0.15, 0.2) is 48.5 Å². The van der Waals surface area contributed by atoms with Gasteiger partial charge in [-0.2, -0.15) is 5.26 Å². The highest BCUT2D eigenvalue weighted by atomic mass is 35.5. The quantitative estimate of drug-likeness (QED) is 0.655. The van der Waals surface area contributed by atoms with Crippen LogP contribution in [-0.2, 0) is 14.3 Å². The molecule has 5 nitrogen and oxygen atoms in total. The second-order valence-corrected chi connectivity index (χ2v) is 5.22. The predicted octanol–water partition coefficient (Wildman–Crippen LogP) is 3.55. The fraction of sp³-hybridized carbons (Fsp3) is 0.0556. The summed E-state index contributed by atoms with van der Waals surface area (Å²) in [7, 11) is 0. The number of nitrogens with zero attached hydrogens (tertiary/aromatic N) is 1. The molecule has 0 bridgehead atoms. The van der Waals surface area contributed by atoms with Gasteiger partial charge in [-0.05, 0) is 36.4 Å². The van der Waals surface area contributed by atoms with Crippen molar-refractivity contribution in [3.63, 3.8) is 0 Å². The molecule has 1 amide bonds. The first-order valence-corrected chi connectivity index (χ1v) is 7.46. The van der Waals surface area contributed by atoms with Crippen molar-refractivity contribution in [1.29, 1.82) is 5.26 Å². The van der Waals surface area contributed by atoms with Crippen LogP contribution in [0.5, 0.6) is 0 Å². The summed E-state index contributed by atoms with van der Waals surface area (Å²) >= 11 is 5.83. The van der Waals surface area contributed by atoms with E-state index >= 15 is 0 Å². The summed E-state index contributed by atoms with van der Waals surface area (Å²) in [5.41, 5.74) is 0.854. The summed E-state index contributed by atoms with van der Waals surface area (Å²) in [6.45, 7) is -0.523. The zero-order valence-corrected chi connectivity index (χ0v) is 13.6. The van der Waals surface area contributed by atoms with Crippen molar-refractivity contribution < 1.29 is 18.7 Å². The number of halogens is 2. The lowest BCUT2D eigenvalue weighted by molar-refractivity contribution is -0.142. The standard InChI is InChI=1S/C18H12ClFN2O3/c19-15-5-2-6-16(20)14(15)7-8-18(24)25-11-17(23)22-13-4-1-3-12(9-13)10-21/h1-9H,11H2,(H,22,23)/b8-7+. The zero-order chi connectivity index (χ0) is 18.2. The second-order valence-electron chi connectivity index (χ2n) is 4.82. The molecule has 1 N–H and O–H groups in total. The molecule has 25 heavy (non-hydrogen) atoms. The molecule has 0 fully saturated rings. The van der Waals surface area contributed by atoms with E-state index in [4.69, 9.17) is 21.6 Å². The molecule has 0 aromatic heterocycles. The average Bonchev–Trinajstić information content (AvgIpc) is 2.59. The van der Waals surface area contributed by atoms with Gasteiger partial charge in [0.15, 0.2) is 6.61 Å². The number of anilines is 1. The Balaban J connectivity index is 1.88. The third-order valence-corrected chi connectivity index (χ3v) is 3.34. The van der Waals surface area contributed by atoms with Crippen LogP contribution in [0.2, 0.25) is 5.02 Å². The summed E-state index contributed by atoms with van der Waals surface area (Å²) in [5, 5.41) is 11.4. The molecule has 0 saturated carbocycles. The number of benzene rings is 2. The molecule has 0 atom stereocenters. The van der Waals surface area contributed by atoms with Gasteiger partial charge < -0.3 is 10.1 Å². The van der Waals surface area contributed by atoms with Crippen molar-refractivity contribution in [1.82, 2.24) is 0 Å². The molecule has 0 saturated heterocycles. The lowest BCUT2D eigenvalue weighted by Crippen LogP contribution is -2.20. The summed E-state index contributed by atoms with van der Waals surface area (Å²) in [5.74, 6) is -1.97. The summed E-state index contributed by atoms with van der Waals surface area (Å²) in [4.78, 5) is 23.3. The molecule has 0 spiro atoms. The summed E-state index contributed by atoms with van der Waals surface area (Å²) in [6, 6.07) is 12.4. The lowest BCUT2D eigenvalue weighted by atomic mass is 10.2. The van der Waals surface area contributed by atoms with Crippen molar-refractivity contribution in [2.24, 2.45) is 0 Å². The largest absolute Gasteiger partial charge is 0.452 e. The minimum absolute atomic E-state index is 0.0545. The third kappa shape index (κ3) is 5.44. The Morgan fingerprint density at radius 2 is 2.04 bits per heavy atom. The Kier molecular flexibility index (Phi) is 6.26. The van der Waals surface area contributed by atoms with E-state index in [0.717, 1.165) is 6.08 Å². The molecule has 2 aromatic rings. The van der Waals surface area contributed by atoms with Gasteiger partial charge in [0, 0.05) is 17.3 Å². The number of rotatable bonds is 5. The molecule has 0 aliphatic carbocycles. The van der Waals surface area contributed by atoms with E-state index in [1.54, 1.807) is 18.2 Å². The first-order valence-electron chi connectivity index (χ1n) is 7.08. The van der Waals surface area contributed by atoms with Crippen LogP contribution in [0.25, 0.3) is 6.08 Å². The van der Waals surface area contributed by atoms with Crippen molar-refractivity contribution in [2.45, 2.75) is 0 Å². The fourth-order valence-corrected chi connectivity index (χ4v) is 2.10. The van der Waals surface area contributed by atoms with Crippen LogP contribution < -0.4 is 5.32 Å². The molecular formula is C18H12ClFN2O3. The van der Waals surface area contributed by atoms with Gasteiger partial charge in [0.1, 0.15) is 5.82 Å². The average molecular weight is 359 g/mol. The molecule has 7 heteroatoms. The van der Waals surface area contributed by atoms with E-state index in [9.17, 15) is 14.0 Å². The minimum atomic E-state index is -0.819. The second kappa shape index (κ2) is 8.62. The first-order chi connectivity index (χ1) is 12.0. The van der Waals surface area contributed by atoms with Gasteiger partial charge in [-0.25, -0.2) is 9.18 Å². The first kappa shape index (κ1) is 18.2. The normalized spacial score (nSPS) is 10.3. The number of nitriles is 1. The van der Waals surface area contributed by atoms with Crippen molar-refractivity contribution >= 4 is 35.2 Å². The molecule has 126 valence electrons. The van der Waals surface area contributed by atoms with Crippen LogP contribution >= 0.6 is 11.6 Å². The van der Waals surface area contributed by atoms with Crippen LogP contribution in [0.4, 0.5) is 10.1 Å². The van der Waals surface area contributed by atoms with Gasteiger partial charge in [0.05, 0.1) is 16.7 Å². The maximum absolute atomic E-state index is 13.5. The van der Waals surface area contributed by atoms with Crippen molar-refractivity contribution in [3.8, 4) is 6.07 Å². The number of amides is 1. The third-order valence-electron chi connectivity index (χ3n) is 3.01. The highest BCUT2D eigenvalue weighted by Crippen LogP contribution is 2.20. The number of hydrogen-bond acceptors (Lipinski definition) is 4. The SMILES string of the molecule is N#Cc1cccc(NC(=O)COC(=O)/C=C/c2c(F)cccc2Cl)c1. The van der Waals surface area contributed by atoms with E-state index in [1.165, 1.54) is 30.3 Å². The molecule has 0 unspecified atom stereocenters. The summed E-state index contributed by atoms with van der Waals surface area (Å²) in [6.07, 6.45) is 2.15. The predicted molar refractivity (Wildman–Crippen MR) is 91.2 cm³/mol. The van der Waals surface area contributed by atoms with Gasteiger partial charge in [0.25, 0.3) is 5.91 Å². The maximum atomic E-state index is 13.5. The topological polar surface area (TPSA) is 79.2 Å². The number of ether oxygens (including phenoxy) is 1. The maximum Gasteiger partial charge on any atom is 0.331 e. The fourth-order valence-electron chi connectivity index (χ4n) is 1.87. The zero-order valence-electron chi connectivity index (χ0n) is 12.8. The van der Waals surface area contributed by atoms with Gasteiger partial charge >= 0.3 is 5.97 Å². The number of nitrogens with one attached hydrogen (secondary N) is 1. The Morgan fingerprint density at radius 1 is 1.28 bits per heavy atom. The number of carbonyl (C=O) groups excluding carboxylic acids is 2. The van der Waals surface area contributed by atoms with Gasteiger partial charge in [-0.15, -0.1) is 0 Å². The molecular weight excluding hydrogens is 347 g/mol. The van der Waals surface area contributed by atoms with Gasteiger partial charge in [-0.3, -0.25) is 4.79 Å². The molecule has 0 aliphatic heterocycles. The van der Waals surface area contributed by atoms with E-state index in [1.807, 2.05) is 6.07 Å². The lowest BCUT2D eigenvalue weighted by Gasteiger charge is -2.05. The molecule has 2 rings (SSSR count). The van der Waals surface area contributed by atoms with Crippen LogP contribution in [-0.4, -0.2) is 18.5 Å². The van der Waals surface area contributed by atoms with E-state index in [2.05, 4.69) is 5.32 Å². The minimum Gasteiger partial charge on any atom is -0.452 e. The van der Waals surface area contributed by atoms with Crippen molar-refractivity contribution in [3.05, 3.63) is 70.5 Å². The number of hydrogen-bond donors (Lipinski definition) is 1. The molecule has 0 heterocycles. The van der Waals surface area contributed by atoms with Gasteiger partial charge in [0.2, 0.25) is 0 Å². The van der Waals surface area contributed by atoms with E-state index in [0.29, 0.717) is 11.3 Å². The van der Waals surface area contributed by atoms with Gasteiger partial charge in [-0.1, -0.05) is 23.7 Å². The Labute approximate surface area is 148 Å². The Bertz CT molecular complexity index is 855.